The van der Waals surface area contributed by atoms with Crippen LogP contribution >= 0.6 is 35.7 Å². The van der Waals surface area contributed by atoms with Gasteiger partial charge in [-0.3, -0.25) is 4.79 Å². The molecular weight excluding hydrogens is 453 g/mol. The number of carbonyl (C=O) groups is 1. The molecule has 2 aromatic carbocycles. The molecule has 0 unspecified atom stereocenters. The average Bonchev–Trinajstić information content (AvgIpc) is 3.19. The Labute approximate surface area is 202 Å². The van der Waals surface area contributed by atoms with Crippen molar-refractivity contribution in [2.45, 2.75) is 59.8 Å². The topological polar surface area (TPSA) is 32.3 Å². The molecule has 1 N–H and O–H groups in total. The minimum atomic E-state index is -0.0771. The van der Waals surface area contributed by atoms with E-state index in [4.69, 9.17) is 12.2 Å². The van der Waals surface area contributed by atoms with Crippen molar-refractivity contribution in [1.82, 2.24) is 5.32 Å². The van der Waals surface area contributed by atoms with E-state index in [-0.39, 0.29) is 11.3 Å². The molecule has 0 aromatic heterocycles. The maximum absolute atomic E-state index is 12.2. The number of anilines is 1. The first-order valence-corrected chi connectivity index (χ1v) is 13.3. The lowest BCUT2D eigenvalue weighted by Crippen LogP contribution is -2.43. The second-order valence-corrected chi connectivity index (χ2v) is 11.8. The number of amides is 1. The van der Waals surface area contributed by atoms with E-state index in [0.717, 1.165) is 0 Å². The molecule has 2 saturated carbocycles. The van der Waals surface area contributed by atoms with Gasteiger partial charge in [0, 0.05) is 32.6 Å². The summed E-state index contributed by atoms with van der Waals surface area (Å²) in [6.07, 6.45) is 11.6. The SMILES string of the molecule is O=C1NC(=S)S/C1=C\C=C1\N(C2CCC2)c2cc(Sc3ccccc3)ccc2C12CCC2. The molecule has 162 valence electrons. The lowest BCUT2D eigenvalue weighted by Gasteiger charge is -2.44. The summed E-state index contributed by atoms with van der Waals surface area (Å²) >= 11 is 8.37. The van der Waals surface area contributed by atoms with Crippen molar-refractivity contribution < 1.29 is 4.79 Å². The lowest BCUT2D eigenvalue weighted by atomic mass is 9.63. The fourth-order valence-corrected chi connectivity index (χ4v) is 7.08. The standard InChI is InChI=1S/C26H24N2OS3/c29-24-22(32-25(30)27-24)12-13-23-26(14-5-15-26)20-11-10-19(31-18-8-2-1-3-9-18)16-21(20)28(23)17-6-4-7-17/h1-3,8-13,16-17H,4-7,14-15H2,(H,27,29,30)/b22-12-,23-13+. The van der Waals surface area contributed by atoms with Crippen LogP contribution in [0.1, 0.15) is 44.1 Å². The Bertz CT molecular complexity index is 1160. The van der Waals surface area contributed by atoms with E-state index in [0.29, 0.717) is 15.3 Å². The third-order valence-electron chi connectivity index (χ3n) is 7.15. The van der Waals surface area contributed by atoms with E-state index in [9.17, 15) is 4.79 Å². The molecule has 32 heavy (non-hydrogen) atoms. The summed E-state index contributed by atoms with van der Waals surface area (Å²) < 4.78 is 0.547. The summed E-state index contributed by atoms with van der Waals surface area (Å²) in [6, 6.07) is 18.2. The van der Waals surface area contributed by atoms with Crippen LogP contribution < -0.4 is 10.2 Å². The van der Waals surface area contributed by atoms with Crippen LogP contribution in [-0.4, -0.2) is 16.3 Å². The molecule has 6 rings (SSSR count). The Kier molecular flexibility index (Phi) is 5.20. The van der Waals surface area contributed by atoms with Crippen molar-refractivity contribution in [3.8, 4) is 0 Å². The molecule has 4 aliphatic rings. The number of thiocarbonyl (C=S) groups is 1. The second-order valence-electron chi connectivity index (χ2n) is 8.91. The minimum Gasteiger partial charge on any atom is -0.341 e. The smallest absolute Gasteiger partial charge is 0.263 e. The Morgan fingerprint density at radius 1 is 1.06 bits per heavy atom. The summed E-state index contributed by atoms with van der Waals surface area (Å²) in [5, 5.41) is 2.74. The van der Waals surface area contributed by atoms with Crippen molar-refractivity contribution in [2.24, 2.45) is 0 Å². The molecule has 2 heterocycles. The van der Waals surface area contributed by atoms with Gasteiger partial charge >= 0.3 is 0 Å². The van der Waals surface area contributed by atoms with Gasteiger partial charge in [-0.1, -0.05) is 66.4 Å². The Hall–Kier alpha value is -2.02. The molecule has 2 aliphatic heterocycles. The fourth-order valence-electron chi connectivity index (χ4n) is 5.23. The zero-order valence-electron chi connectivity index (χ0n) is 17.7. The van der Waals surface area contributed by atoms with Crippen LogP contribution in [0.5, 0.6) is 0 Å². The number of hydrogen-bond acceptors (Lipinski definition) is 5. The highest BCUT2D eigenvalue weighted by atomic mass is 32.2. The highest BCUT2D eigenvalue weighted by Crippen LogP contribution is 2.60. The molecule has 3 nitrogen and oxygen atoms in total. The molecule has 1 saturated heterocycles. The number of allylic oxidation sites excluding steroid dienone is 3. The van der Waals surface area contributed by atoms with Crippen molar-refractivity contribution >= 4 is 51.7 Å². The number of carbonyl (C=O) groups excluding carboxylic acids is 1. The van der Waals surface area contributed by atoms with Gasteiger partial charge in [-0.2, -0.15) is 0 Å². The van der Waals surface area contributed by atoms with Gasteiger partial charge in [0.1, 0.15) is 4.32 Å². The van der Waals surface area contributed by atoms with Gasteiger partial charge in [0.25, 0.3) is 5.91 Å². The van der Waals surface area contributed by atoms with E-state index in [2.05, 4.69) is 64.8 Å². The van der Waals surface area contributed by atoms with Crippen LogP contribution in [0.3, 0.4) is 0 Å². The number of benzene rings is 2. The van der Waals surface area contributed by atoms with Crippen LogP contribution in [0.25, 0.3) is 0 Å². The van der Waals surface area contributed by atoms with Gasteiger partial charge < -0.3 is 10.2 Å². The first-order valence-electron chi connectivity index (χ1n) is 11.3. The van der Waals surface area contributed by atoms with Gasteiger partial charge in [0.05, 0.1) is 4.91 Å². The van der Waals surface area contributed by atoms with Crippen LogP contribution in [0.15, 0.2) is 81.1 Å². The molecule has 1 spiro atoms. The molecule has 6 heteroatoms. The fraction of sp³-hybridized carbons (Fsp3) is 0.308. The maximum Gasteiger partial charge on any atom is 0.263 e. The number of nitrogens with zero attached hydrogens (tertiary/aromatic N) is 1. The summed E-state index contributed by atoms with van der Waals surface area (Å²) in [5.74, 6) is -0.0771. The van der Waals surface area contributed by atoms with Crippen molar-refractivity contribution in [3.05, 3.63) is 76.8 Å². The molecule has 0 radical (unpaired) electrons. The third kappa shape index (κ3) is 3.35. The van der Waals surface area contributed by atoms with Crippen LogP contribution in [0.4, 0.5) is 5.69 Å². The molecule has 2 aromatic rings. The van der Waals surface area contributed by atoms with E-state index < -0.39 is 0 Å². The highest BCUT2D eigenvalue weighted by Gasteiger charge is 2.52. The zero-order valence-corrected chi connectivity index (χ0v) is 20.1. The monoisotopic (exact) mass is 476 g/mol. The molecule has 3 fully saturated rings. The molecule has 2 aliphatic carbocycles. The average molecular weight is 477 g/mol. The van der Waals surface area contributed by atoms with Gasteiger partial charge in [-0.05, 0) is 74.1 Å². The summed E-state index contributed by atoms with van der Waals surface area (Å²) in [6.45, 7) is 0. The maximum atomic E-state index is 12.2. The van der Waals surface area contributed by atoms with Crippen LogP contribution in [-0.2, 0) is 10.2 Å². The first kappa shape index (κ1) is 20.6. The molecule has 1 amide bonds. The Balaban J connectivity index is 1.42. The van der Waals surface area contributed by atoms with Crippen molar-refractivity contribution in [2.75, 3.05) is 4.90 Å². The minimum absolute atomic E-state index is 0.0771. The predicted molar refractivity (Wildman–Crippen MR) is 137 cm³/mol. The normalized spacial score (nSPS) is 24.1. The van der Waals surface area contributed by atoms with E-state index >= 15 is 0 Å². The van der Waals surface area contributed by atoms with Gasteiger partial charge in [-0.25, -0.2) is 0 Å². The van der Waals surface area contributed by atoms with Crippen LogP contribution in [0, 0.1) is 0 Å². The van der Waals surface area contributed by atoms with Gasteiger partial charge in [0.15, 0.2) is 0 Å². The Morgan fingerprint density at radius 3 is 2.50 bits per heavy atom. The quantitative estimate of drug-likeness (QED) is 0.400. The molecule has 0 atom stereocenters. The number of rotatable bonds is 4. The van der Waals surface area contributed by atoms with Gasteiger partial charge in [-0.15, -0.1) is 0 Å². The van der Waals surface area contributed by atoms with Gasteiger partial charge in [0.2, 0.25) is 0 Å². The first-order chi connectivity index (χ1) is 15.6. The number of nitrogens with one attached hydrogen (secondary N) is 1. The zero-order chi connectivity index (χ0) is 21.7. The van der Waals surface area contributed by atoms with Crippen molar-refractivity contribution in [3.63, 3.8) is 0 Å². The lowest BCUT2D eigenvalue weighted by molar-refractivity contribution is -0.115. The van der Waals surface area contributed by atoms with E-state index in [1.165, 1.54) is 77.0 Å². The molecule has 0 bridgehead atoms. The van der Waals surface area contributed by atoms with Crippen LogP contribution in [0.2, 0.25) is 0 Å². The Morgan fingerprint density at radius 2 is 1.88 bits per heavy atom. The number of thioether (sulfide) groups is 1. The highest BCUT2D eigenvalue weighted by molar-refractivity contribution is 8.26. The number of fused-ring (bicyclic) bond motifs is 2. The summed E-state index contributed by atoms with van der Waals surface area (Å²) in [4.78, 5) is 18.1. The number of hydrogen-bond donors (Lipinski definition) is 1. The summed E-state index contributed by atoms with van der Waals surface area (Å²) in [5.41, 5.74) is 4.32. The third-order valence-corrected chi connectivity index (χ3v) is 9.33. The molecular formula is C26H24N2OS3. The summed E-state index contributed by atoms with van der Waals surface area (Å²) in [7, 11) is 0. The van der Waals surface area contributed by atoms with E-state index in [1.54, 1.807) is 0 Å². The van der Waals surface area contributed by atoms with E-state index in [1.807, 2.05) is 17.8 Å². The second kappa shape index (κ2) is 8.08. The largest absolute Gasteiger partial charge is 0.341 e. The predicted octanol–water partition coefficient (Wildman–Crippen LogP) is 6.55. The van der Waals surface area contributed by atoms with Crippen molar-refractivity contribution in [1.29, 1.82) is 0 Å².